The van der Waals surface area contributed by atoms with E-state index in [0.717, 1.165) is 10.6 Å². The van der Waals surface area contributed by atoms with Gasteiger partial charge in [0.25, 0.3) is 11.8 Å². The van der Waals surface area contributed by atoms with E-state index in [1.807, 2.05) is 26.8 Å². The summed E-state index contributed by atoms with van der Waals surface area (Å²) in [6.45, 7) is 5.92. The third-order valence-corrected chi connectivity index (χ3v) is 5.08. The van der Waals surface area contributed by atoms with Crippen LogP contribution in [0.4, 0.5) is 10.8 Å². The summed E-state index contributed by atoms with van der Waals surface area (Å²) in [6, 6.07) is 14.1. The Morgan fingerprint density at radius 3 is 2.30 bits per heavy atom. The lowest BCUT2D eigenvalue weighted by molar-refractivity contribution is 0.101. The van der Waals surface area contributed by atoms with E-state index >= 15 is 0 Å². The second-order valence-electron chi connectivity index (χ2n) is 6.40. The Morgan fingerprint density at radius 1 is 0.926 bits per heavy atom. The number of hydrogen-bond donors (Lipinski definition) is 2. The number of nitrogens with zero attached hydrogens (tertiary/aromatic N) is 2. The van der Waals surface area contributed by atoms with Crippen molar-refractivity contribution < 1.29 is 9.59 Å². The lowest BCUT2D eigenvalue weighted by Gasteiger charge is -2.10. The number of benzene rings is 2. The molecule has 2 amide bonds. The van der Waals surface area contributed by atoms with Crippen LogP contribution in [0.25, 0.3) is 0 Å². The van der Waals surface area contributed by atoms with E-state index < -0.39 is 0 Å². The maximum Gasteiger partial charge on any atom is 0.257 e. The van der Waals surface area contributed by atoms with Gasteiger partial charge in [-0.2, -0.15) is 0 Å². The van der Waals surface area contributed by atoms with Crippen LogP contribution < -0.4 is 10.6 Å². The van der Waals surface area contributed by atoms with Gasteiger partial charge in [0.15, 0.2) is 0 Å². The van der Waals surface area contributed by atoms with Crippen LogP contribution in [0.5, 0.6) is 0 Å². The fourth-order valence-corrected chi connectivity index (χ4v) is 3.11. The van der Waals surface area contributed by atoms with Crippen LogP contribution >= 0.6 is 11.3 Å². The van der Waals surface area contributed by atoms with Crippen molar-refractivity contribution in [2.45, 2.75) is 26.7 Å². The van der Waals surface area contributed by atoms with Crippen molar-refractivity contribution in [3.63, 3.8) is 0 Å². The maximum atomic E-state index is 12.5. The molecule has 27 heavy (non-hydrogen) atoms. The summed E-state index contributed by atoms with van der Waals surface area (Å²) < 4.78 is 0. The topological polar surface area (TPSA) is 84.0 Å². The summed E-state index contributed by atoms with van der Waals surface area (Å²) in [7, 11) is 0. The normalized spacial score (nSPS) is 10.7. The van der Waals surface area contributed by atoms with Crippen LogP contribution in [0.1, 0.15) is 51.1 Å². The molecule has 3 aromatic rings. The minimum Gasteiger partial charge on any atom is -0.322 e. The summed E-state index contributed by atoms with van der Waals surface area (Å²) in [5.41, 5.74) is 2.46. The van der Waals surface area contributed by atoms with Gasteiger partial charge in [-0.25, -0.2) is 0 Å². The number of rotatable bonds is 5. The molecule has 6 nitrogen and oxygen atoms in total. The largest absolute Gasteiger partial charge is 0.322 e. The van der Waals surface area contributed by atoms with Gasteiger partial charge >= 0.3 is 0 Å². The number of anilines is 2. The molecule has 0 bridgehead atoms. The highest BCUT2D eigenvalue weighted by molar-refractivity contribution is 7.15. The summed E-state index contributed by atoms with van der Waals surface area (Å²) >= 11 is 1.36. The fourth-order valence-electron chi connectivity index (χ4n) is 2.37. The number of aromatic nitrogens is 2. The summed E-state index contributed by atoms with van der Waals surface area (Å²) in [4.78, 5) is 24.9. The first-order chi connectivity index (χ1) is 12.9. The van der Waals surface area contributed by atoms with E-state index in [-0.39, 0.29) is 17.7 Å². The van der Waals surface area contributed by atoms with Crippen LogP contribution in [0.2, 0.25) is 0 Å². The molecule has 1 aromatic heterocycles. The zero-order valence-electron chi connectivity index (χ0n) is 15.3. The first kappa shape index (κ1) is 18.7. The van der Waals surface area contributed by atoms with Gasteiger partial charge in [0.2, 0.25) is 5.13 Å². The van der Waals surface area contributed by atoms with Gasteiger partial charge in [-0.1, -0.05) is 49.4 Å². The highest BCUT2D eigenvalue weighted by Gasteiger charge is 2.14. The Balaban J connectivity index is 1.75. The quantitative estimate of drug-likeness (QED) is 0.684. The third-order valence-electron chi connectivity index (χ3n) is 3.94. The minimum absolute atomic E-state index is 0.220. The van der Waals surface area contributed by atoms with Crippen molar-refractivity contribution in [3.05, 3.63) is 70.2 Å². The van der Waals surface area contributed by atoms with Crippen LogP contribution in [0, 0.1) is 6.92 Å². The van der Waals surface area contributed by atoms with Crippen molar-refractivity contribution in [2.24, 2.45) is 0 Å². The lowest BCUT2D eigenvalue weighted by Crippen LogP contribution is -2.15. The van der Waals surface area contributed by atoms with Crippen molar-refractivity contribution in [2.75, 3.05) is 10.6 Å². The highest BCUT2D eigenvalue weighted by atomic mass is 32.1. The molecule has 0 fully saturated rings. The molecule has 138 valence electrons. The predicted octanol–water partition coefficient (Wildman–Crippen LogP) is 4.47. The second kappa shape index (κ2) is 8.09. The molecule has 0 saturated heterocycles. The number of amides is 2. The molecule has 0 aliphatic heterocycles. The van der Waals surface area contributed by atoms with Crippen LogP contribution in [-0.2, 0) is 0 Å². The predicted molar refractivity (Wildman–Crippen MR) is 108 cm³/mol. The summed E-state index contributed by atoms with van der Waals surface area (Å²) in [6.07, 6.45) is 0. The number of carbonyl (C=O) groups is 2. The smallest absolute Gasteiger partial charge is 0.257 e. The van der Waals surface area contributed by atoms with Crippen molar-refractivity contribution in [3.8, 4) is 0 Å². The summed E-state index contributed by atoms with van der Waals surface area (Å²) in [5.74, 6) is -0.258. The standard InChI is InChI=1S/C20H20N4O2S/c1-12(2)19-23-24-20(27-19)22-18(26)15-10-9-13(3)16(11-15)21-17(25)14-7-5-4-6-8-14/h4-12H,1-3H3,(H,21,25)(H,22,24,26). The molecule has 0 radical (unpaired) electrons. The van der Waals surface area contributed by atoms with Gasteiger partial charge < -0.3 is 5.32 Å². The van der Waals surface area contributed by atoms with E-state index in [0.29, 0.717) is 21.9 Å². The maximum absolute atomic E-state index is 12.5. The molecule has 2 aromatic carbocycles. The van der Waals surface area contributed by atoms with Crippen molar-refractivity contribution in [1.29, 1.82) is 0 Å². The van der Waals surface area contributed by atoms with Crippen LogP contribution in [0.15, 0.2) is 48.5 Å². The van der Waals surface area contributed by atoms with Gasteiger partial charge in [-0.3, -0.25) is 14.9 Å². The Bertz CT molecular complexity index is 967. The molecule has 3 rings (SSSR count). The van der Waals surface area contributed by atoms with Gasteiger partial charge in [-0.05, 0) is 36.8 Å². The molecule has 0 spiro atoms. The third kappa shape index (κ3) is 4.57. The summed E-state index contributed by atoms with van der Waals surface area (Å²) in [5, 5.41) is 15.0. The molecule has 0 saturated carbocycles. The lowest BCUT2D eigenvalue weighted by atomic mass is 10.1. The minimum atomic E-state index is -0.295. The Labute approximate surface area is 161 Å². The van der Waals surface area contributed by atoms with Gasteiger partial charge in [0.05, 0.1) is 0 Å². The molecule has 0 aliphatic rings. The Hall–Kier alpha value is -3.06. The van der Waals surface area contributed by atoms with E-state index in [9.17, 15) is 9.59 Å². The van der Waals surface area contributed by atoms with E-state index in [1.54, 1.807) is 42.5 Å². The Morgan fingerprint density at radius 2 is 1.63 bits per heavy atom. The van der Waals surface area contributed by atoms with Gasteiger partial charge in [0, 0.05) is 22.7 Å². The zero-order chi connectivity index (χ0) is 19.4. The molecule has 0 atom stereocenters. The number of aryl methyl sites for hydroxylation is 1. The van der Waals surface area contributed by atoms with Gasteiger partial charge in [0.1, 0.15) is 5.01 Å². The first-order valence-electron chi connectivity index (χ1n) is 8.56. The average molecular weight is 380 g/mol. The van der Waals surface area contributed by atoms with E-state index in [4.69, 9.17) is 0 Å². The molecule has 7 heteroatoms. The number of carbonyl (C=O) groups excluding carboxylic acids is 2. The van der Waals surface area contributed by atoms with Crippen LogP contribution in [-0.4, -0.2) is 22.0 Å². The molecule has 1 heterocycles. The number of hydrogen-bond acceptors (Lipinski definition) is 5. The second-order valence-corrected chi connectivity index (χ2v) is 7.41. The van der Waals surface area contributed by atoms with Crippen molar-refractivity contribution >= 4 is 34.0 Å². The fraction of sp³-hybridized carbons (Fsp3) is 0.200. The molecule has 0 aliphatic carbocycles. The van der Waals surface area contributed by atoms with Gasteiger partial charge in [-0.15, -0.1) is 10.2 Å². The molecular formula is C20H20N4O2S. The molecule has 0 unspecified atom stereocenters. The van der Waals surface area contributed by atoms with E-state index in [1.165, 1.54) is 11.3 Å². The zero-order valence-corrected chi connectivity index (χ0v) is 16.1. The Kier molecular flexibility index (Phi) is 5.61. The van der Waals surface area contributed by atoms with Crippen LogP contribution in [0.3, 0.4) is 0 Å². The average Bonchev–Trinajstić information content (AvgIpc) is 3.13. The SMILES string of the molecule is Cc1ccc(C(=O)Nc2nnc(C(C)C)s2)cc1NC(=O)c1ccccc1. The highest BCUT2D eigenvalue weighted by Crippen LogP contribution is 2.24. The molecular weight excluding hydrogens is 360 g/mol. The number of nitrogens with one attached hydrogen (secondary N) is 2. The van der Waals surface area contributed by atoms with E-state index in [2.05, 4.69) is 20.8 Å². The monoisotopic (exact) mass is 380 g/mol. The molecule has 2 N–H and O–H groups in total. The first-order valence-corrected chi connectivity index (χ1v) is 9.37. The van der Waals surface area contributed by atoms with Crippen molar-refractivity contribution in [1.82, 2.24) is 10.2 Å².